The van der Waals surface area contributed by atoms with Crippen molar-refractivity contribution in [1.29, 1.82) is 0 Å². The number of likely N-dealkylation sites (tertiary alicyclic amines) is 1. The van der Waals surface area contributed by atoms with Gasteiger partial charge in [-0.25, -0.2) is 0 Å². The van der Waals surface area contributed by atoms with Crippen molar-refractivity contribution < 1.29 is 19.8 Å². The van der Waals surface area contributed by atoms with Crippen LogP contribution in [0.15, 0.2) is 42.5 Å². The number of hydrogen-bond donors (Lipinski definition) is 3. The highest BCUT2D eigenvalue weighted by Crippen LogP contribution is 2.23. The number of nitrogens with one attached hydrogen (secondary N) is 1. The fourth-order valence-electron chi connectivity index (χ4n) is 3.03. The van der Waals surface area contributed by atoms with Crippen LogP contribution >= 0.6 is 11.6 Å². The topological polar surface area (TPSA) is 89.9 Å². The van der Waals surface area contributed by atoms with Crippen LogP contribution in [0.4, 0.5) is 0 Å². The van der Waals surface area contributed by atoms with Crippen molar-refractivity contribution >= 4 is 23.4 Å². The summed E-state index contributed by atoms with van der Waals surface area (Å²) in [5.41, 5.74) is 0.746. The lowest BCUT2D eigenvalue weighted by molar-refractivity contribution is 0.0697. The Morgan fingerprint density at radius 3 is 2.27 bits per heavy atom. The van der Waals surface area contributed by atoms with Crippen molar-refractivity contribution in [3.05, 3.63) is 58.6 Å². The summed E-state index contributed by atoms with van der Waals surface area (Å²) in [7, 11) is 0. The van der Waals surface area contributed by atoms with Gasteiger partial charge in [0.2, 0.25) is 0 Å². The molecule has 26 heavy (non-hydrogen) atoms. The number of carbonyl (C=O) groups excluding carboxylic acids is 2. The molecule has 7 heteroatoms. The molecule has 1 saturated heterocycles. The number of nitrogens with zero attached hydrogens (tertiary/aromatic N) is 1. The van der Waals surface area contributed by atoms with Crippen LogP contribution in [0.5, 0.6) is 11.5 Å². The Hall–Kier alpha value is -2.73. The number of halogens is 1. The van der Waals surface area contributed by atoms with Gasteiger partial charge in [0.15, 0.2) is 0 Å². The predicted molar refractivity (Wildman–Crippen MR) is 97.6 cm³/mol. The zero-order valence-electron chi connectivity index (χ0n) is 14.0. The van der Waals surface area contributed by atoms with Gasteiger partial charge < -0.3 is 20.4 Å². The number of carbonyl (C=O) groups is 2. The molecule has 2 aromatic carbocycles. The van der Waals surface area contributed by atoms with Gasteiger partial charge in [-0.05, 0) is 43.2 Å². The Labute approximate surface area is 156 Å². The van der Waals surface area contributed by atoms with Crippen molar-refractivity contribution in [1.82, 2.24) is 10.2 Å². The van der Waals surface area contributed by atoms with E-state index in [1.54, 1.807) is 29.2 Å². The Kier molecular flexibility index (Phi) is 5.32. The van der Waals surface area contributed by atoms with Gasteiger partial charge in [0, 0.05) is 41.3 Å². The summed E-state index contributed by atoms with van der Waals surface area (Å²) < 4.78 is 0. The molecule has 3 rings (SSSR count). The third-order valence-corrected chi connectivity index (χ3v) is 4.59. The largest absolute Gasteiger partial charge is 0.508 e. The summed E-state index contributed by atoms with van der Waals surface area (Å²) in [6.07, 6.45) is 1.26. The second-order valence-electron chi connectivity index (χ2n) is 6.29. The van der Waals surface area contributed by atoms with E-state index in [2.05, 4.69) is 5.32 Å². The average Bonchev–Trinajstić information content (AvgIpc) is 2.61. The maximum atomic E-state index is 12.5. The maximum absolute atomic E-state index is 12.5. The Balaban J connectivity index is 1.57. The van der Waals surface area contributed by atoms with E-state index < -0.39 is 0 Å². The van der Waals surface area contributed by atoms with Crippen LogP contribution < -0.4 is 5.32 Å². The zero-order chi connectivity index (χ0) is 18.7. The molecule has 1 aliphatic heterocycles. The first kappa shape index (κ1) is 18.1. The number of phenolic OH excluding ortho intramolecular Hbond substituents is 2. The minimum atomic E-state index is -0.254. The Bertz CT molecular complexity index is 812. The van der Waals surface area contributed by atoms with Crippen LogP contribution in [-0.4, -0.2) is 46.1 Å². The van der Waals surface area contributed by atoms with E-state index in [9.17, 15) is 19.8 Å². The molecule has 1 heterocycles. The van der Waals surface area contributed by atoms with Gasteiger partial charge in [0.25, 0.3) is 11.8 Å². The van der Waals surface area contributed by atoms with E-state index in [1.807, 2.05) is 0 Å². The van der Waals surface area contributed by atoms with E-state index in [1.165, 1.54) is 18.2 Å². The second-order valence-corrected chi connectivity index (χ2v) is 6.72. The van der Waals surface area contributed by atoms with Crippen molar-refractivity contribution in [3.63, 3.8) is 0 Å². The van der Waals surface area contributed by atoms with E-state index in [-0.39, 0.29) is 34.9 Å². The highest BCUT2D eigenvalue weighted by molar-refractivity contribution is 6.30. The number of phenols is 2. The van der Waals surface area contributed by atoms with Crippen LogP contribution in [0.3, 0.4) is 0 Å². The molecule has 0 radical (unpaired) electrons. The van der Waals surface area contributed by atoms with E-state index >= 15 is 0 Å². The molecule has 0 aliphatic carbocycles. The summed E-state index contributed by atoms with van der Waals surface area (Å²) in [6, 6.07) is 10.6. The van der Waals surface area contributed by atoms with Gasteiger partial charge in [-0.2, -0.15) is 0 Å². The summed E-state index contributed by atoms with van der Waals surface area (Å²) in [4.78, 5) is 26.4. The van der Waals surface area contributed by atoms with Gasteiger partial charge in [0.1, 0.15) is 11.5 Å². The lowest BCUT2D eigenvalue weighted by atomic mass is 10.0. The quantitative estimate of drug-likeness (QED) is 0.770. The molecule has 0 unspecified atom stereocenters. The monoisotopic (exact) mass is 374 g/mol. The van der Waals surface area contributed by atoms with Gasteiger partial charge in [-0.3, -0.25) is 9.59 Å². The van der Waals surface area contributed by atoms with Crippen LogP contribution in [-0.2, 0) is 0 Å². The number of hydrogen-bond acceptors (Lipinski definition) is 4. The van der Waals surface area contributed by atoms with Crippen LogP contribution in [0, 0.1) is 0 Å². The number of rotatable bonds is 3. The molecule has 0 bridgehead atoms. The SMILES string of the molecule is O=C(NC1CCN(C(=O)c2cc(O)cc(O)c2)CC1)c1cccc(Cl)c1. The fraction of sp³-hybridized carbons (Fsp3) is 0.263. The number of piperidine rings is 1. The van der Waals surface area contributed by atoms with Crippen LogP contribution in [0.25, 0.3) is 0 Å². The van der Waals surface area contributed by atoms with E-state index in [0.29, 0.717) is 36.5 Å². The molecule has 0 saturated carbocycles. The van der Waals surface area contributed by atoms with Crippen molar-refractivity contribution in [2.45, 2.75) is 18.9 Å². The molecule has 2 amide bonds. The van der Waals surface area contributed by atoms with E-state index in [4.69, 9.17) is 11.6 Å². The zero-order valence-corrected chi connectivity index (χ0v) is 14.7. The smallest absolute Gasteiger partial charge is 0.254 e. The van der Waals surface area contributed by atoms with Gasteiger partial charge in [-0.15, -0.1) is 0 Å². The average molecular weight is 375 g/mol. The summed E-state index contributed by atoms with van der Waals surface area (Å²) >= 11 is 5.91. The Morgan fingerprint density at radius 1 is 1.00 bits per heavy atom. The number of aromatic hydroxyl groups is 2. The van der Waals surface area contributed by atoms with Crippen LogP contribution in [0.1, 0.15) is 33.6 Å². The molecule has 6 nitrogen and oxygen atoms in total. The Morgan fingerprint density at radius 2 is 1.65 bits per heavy atom. The minimum Gasteiger partial charge on any atom is -0.508 e. The summed E-state index contributed by atoms with van der Waals surface area (Å²) in [5, 5.41) is 22.5. The van der Waals surface area contributed by atoms with E-state index in [0.717, 1.165) is 0 Å². The molecule has 0 aromatic heterocycles. The molecule has 0 spiro atoms. The molecular weight excluding hydrogens is 356 g/mol. The molecule has 1 fully saturated rings. The first-order valence-corrected chi connectivity index (χ1v) is 8.69. The summed E-state index contributed by atoms with van der Waals surface area (Å²) in [5.74, 6) is -0.750. The molecule has 136 valence electrons. The minimum absolute atomic E-state index is 0.0249. The highest BCUT2D eigenvalue weighted by atomic mass is 35.5. The molecular formula is C19H19ClN2O4. The normalized spacial score (nSPS) is 14.9. The first-order chi connectivity index (χ1) is 12.4. The van der Waals surface area contributed by atoms with Crippen molar-refractivity contribution in [2.75, 3.05) is 13.1 Å². The predicted octanol–water partition coefficient (Wildman–Crippen LogP) is 2.79. The number of amides is 2. The highest BCUT2D eigenvalue weighted by Gasteiger charge is 2.25. The fourth-order valence-corrected chi connectivity index (χ4v) is 3.22. The second kappa shape index (κ2) is 7.66. The molecule has 1 aliphatic rings. The van der Waals surface area contributed by atoms with Gasteiger partial charge >= 0.3 is 0 Å². The standard InChI is InChI=1S/C19H19ClN2O4/c20-14-3-1-2-12(8-14)18(25)21-15-4-6-22(7-5-15)19(26)13-9-16(23)11-17(24)10-13/h1-3,8-11,15,23-24H,4-7H2,(H,21,25). The van der Waals surface area contributed by atoms with Crippen molar-refractivity contribution in [3.8, 4) is 11.5 Å². The maximum Gasteiger partial charge on any atom is 0.254 e. The third-order valence-electron chi connectivity index (χ3n) is 4.35. The lowest BCUT2D eigenvalue weighted by Gasteiger charge is -2.32. The van der Waals surface area contributed by atoms with Crippen LogP contribution in [0.2, 0.25) is 5.02 Å². The first-order valence-electron chi connectivity index (χ1n) is 8.31. The van der Waals surface area contributed by atoms with Gasteiger partial charge in [-0.1, -0.05) is 17.7 Å². The molecule has 0 atom stereocenters. The van der Waals surface area contributed by atoms with Gasteiger partial charge in [0.05, 0.1) is 0 Å². The molecule has 2 aromatic rings. The molecule has 3 N–H and O–H groups in total. The number of benzene rings is 2. The van der Waals surface area contributed by atoms with Crippen molar-refractivity contribution in [2.24, 2.45) is 0 Å². The lowest BCUT2D eigenvalue weighted by Crippen LogP contribution is -2.46. The third kappa shape index (κ3) is 4.26. The summed E-state index contributed by atoms with van der Waals surface area (Å²) in [6.45, 7) is 0.964.